The van der Waals surface area contributed by atoms with Crippen LogP contribution in [0.3, 0.4) is 0 Å². The summed E-state index contributed by atoms with van der Waals surface area (Å²) in [6.45, 7) is 6.25. The fourth-order valence-corrected chi connectivity index (χ4v) is 2.12. The largest absolute Gasteiger partial charge is 0.343 e. The molecular weight excluding hydrogens is 250 g/mol. The highest BCUT2D eigenvalue weighted by Gasteiger charge is 2.16. The van der Waals surface area contributed by atoms with Crippen LogP contribution >= 0.6 is 0 Å². The minimum atomic E-state index is -0.175. The lowest BCUT2D eigenvalue weighted by Gasteiger charge is -2.17. The number of rotatable bonds is 6. The summed E-state index contributed by atoms with van der Waals surface area (Å²) in [6, 6.07) is 10.1. The molecule has 0 aliphatic rings. The first-order chi connectivity index (χ1) is 9.74. The first-order valence-electron chi connectivity index (χ1n) is 6.72. The van der Waals surface area contributed by atoms with Crippen molar-refractivity contribution in [1.29, 1.82) is 0 Å². The van der Waals surface area contributed by atoms with Gasteiger partial charge in [0.1, 0.15) is 5.82 Å². The average Bonchev–Trinajstić information content (AvgIpc) is 2.93. The lowest BCUT2D eigenvalue weighted by atomic mass is 10.2. The molecule has 0 spiro atoms. The number of carbonyl (C=O) groups excluding carboxylic acids is 1. The van der Waals surface area contributed by atoms with Gasteiger partial charge in [0.15, 0.2) is 0 Å². The Bertz CT molecular complexity index is 574. The molecule has 2 rings (SSSR count). The van der Waals surface area contributed by atoms with Gasteiger partial charge >= 0.3 is 0 Å². The number of aromatic nitrogens is 2. The number of nitrogens with one attached hydrogen (secondary N) is 1. The molecule has 0 radical (unpaired) electrons. The molecule has 0 bridgehead atoms. The number of nitrogens with zero attached hydrogens (tertiary/aromatic N) is 2. The molecule has 104 valence electrons. The first kappa shape index (κ1) is 14.1. The van der Waals surface area contributed by atoms with E-state index in [-0.39, 0.29) is 11.9 Å². The molecule has 4 heteroatoms. The monoisotopic (exact) mass is 269 g/mol. The van der Waals surface area contributed by atoms with Gasteiger partial charge in [-0.25, -0.2) is 4.98 Å². The third-order valence-corrected chi connectivity index (χ3v) is 3.17. The van der Waals surface area contributed by atoms with Crippen LogP contribution in [-0.4, -0.2) is 15.5 Å². The lowest BCUT2D eigenvalue weighted by molar-refractivity contribution is -0.117. The first-order valence-corrected chi connectivity index (χ1v) is 6.72. The highest BCUT2D eigenvalue weighted by Crippen LogP contribution is 2.16. The van der Waals surface area contributed by atoms with E-state index in [0.717, 1.165) is 18.8 Å². The number of hydrogen-bond donors (Lipinski definition) is 1. The number of benzene rings is 1. The molecule has 1 N–H and O–H groups in total. The van der Waals surface area contributed by atoms with Crippen molar-refractivity contribution < 1.29 is 4.79 Å². The Morgan fingerprint density at radius 1 is 1.45 bits per heavy atom. The second-order valence-electron chi connectivity index (χ2n) is 4.57. The smallest absolute Gasteiger partial charge is 0.243 e. The van der Waals surface area contributed by atoms with Gasteiger partial charge in [0.25, 0.3) is 0 Å². The normalized spacial score (nSPS) is 11.8. The van der Waals surface area contributed by atoms with Crippen LogP contribution in [-0.2, 0) is 11.3 Å². The number of hydrogen-bond acceptors (Lipinski definition) is 2. The maximum Gasteiger partial charge on any atom is 0.243 e. The molecule has 20 heavy (non-hydrogen) atoms. The Kier molecular flexibility index (Phi) is 4.71. The second kappa shape index (κ2) is 6.70. The van der Waals surface area contributed by atoms with Crippen LogP contribution < -0.4 is 5.32 Å². The van der Waals surface area contributed by atoms with E-state index in [2.05, 4.69) is 33.6 Å². The Morgan fingerprint density at radius 3 is 2.85 bits per heavy atom. The minimum Gasteiger partial charge on any atom is -0.343 e. The Morgan fingerprint density at radius 2 is 2.20 bits per heavy atom. The summed E-state index contributed by atoms with van der Waals surface area (Å²) in [7, 11) is 0. The van der Waals surface area contributed by atoms with E-state index in [9.17, 15) is 4.79 Å². The number of amides is 1. The number of carbonyl (C=O) groups is 1. The van der Waals surface area contributed by atoms with Crippen LogP contribution in [0.2, 0.25) is 0 Å². The second-order valence-corrected chi connectivity index (χ2v) is 4.57. The van der Waals surface area contributed by atoms with E-state index in [1.165, 1.54) is 11.6 Å². The summed E-state index contributed by atoms with van der Waals surface area (Å²) in [4.78, 5) is 15.9. The van der Waals surface area contributed by atoms with Gasteiger partial charge in [-0.05, 0) is 18.1 Å². The van der Waals surface area contributed by atoms with Gasteiger partial charge < -0.3 is 9.88 Å². The predicted molar refractivity (Wildman–Crippen MR) is 79.1 cm³/mol. The van der Waals surface area contributed by atoms with Crippen molar-refractivity contribution in [3.8, 4) is 0 Å². The number of imidazole rings is 1. The molecule has 1 aromatic carbocycles. The van der Waals surface area contributed by atoms with Crippen molar-refractivity contribution in [2.75, 3.05) is 0 Å². The maximum atomic E-state index is 11.5. The summed E-state index contributed by atoms with van der Waals surface area (Å²) in [5.41, 5.74) is 1.21. The SMILES string of the molecule is C=CC(=O)N[C@@H](CC)c1nccn1Cc1ccccc1. The quantitative estimate of drug-likeness (QED) is 0.820. The predicted octanol–water partition coefficient (Wildman–Crippen LogP) is 2.68. The van der Waals surface area contributed by atoms with Crippen molar-refractivity contribution in [2.24, 2.45) is 0 Å². The fourth-order valence-electron chi connectivity index (χ4n) is 2.12. The van der Waals surface area contributed by atoms with Crippen molar-refractivity contribution in [3.63, 3.8) is 0 Å². The molecule has 4 nitrogen and oxygen atoms in total. The molecule has 0 saturated heterocycles. The molecule has 0 saturated carbocycles. The molecule has 1 atom stereocenters. The van der Waals surface area contributed by atoms with Gasteiger partial charge in [-0.3, -0.25) is 4.79 Å². The zero-order chi connectivity index (χ0) is 14.4. The van der Waals surface area contributed by atoms with Gasteiger partial charge in [0.2, 0.25) is 5.91 Å². The van der Waals surface area contributed by atoms with E-state index in [1.807, 2.05) is 31.3 Å². The van der Waals surface area contributed by atoms with Crippen LogP contribution in [0, 0.1) is 0 Å². The summed E-state index contributed by atoms with van der Waals surface area (Å²) < 4.78 is 2.06. The fraction of sp³-hybridized carbons (Fsp3) is 0.250. The highest BCUT2D eigenvalue weighted by molar-refractivity contribution is 5.87. The van der Waals surface area contributed by atoms with E-state index in [4.69, 9.17) is 0 Å². The molecule has 0 aliphatic carbocycles. The van der Waals surface area contributed by atoms with Crippen LogP contribution in [0.1, 0.15) is 30.8 Å². The average molecular weight is 269 g/mol. The topological polar surface area (TPSA) is 46.9 Å². The van der Waals surface area contributed by atoms with Crippen LogP contribution in [0.25, 0.3) is 0 Å². The molecule has 1 amide bonds. The molecule has 0 aliphatic heterocycles. The van der Waals surface area contributed by atoms with Gasteiger partial charge in [0.05, 0.1) is 6.04 Å². The molecule has 0 unspecified atom stereocenters. The molecular formula is C16H19N3O. The van der Waals surface area contributed by atoms with Crippen molar-refractivity contribution in [3.05, 3.63) is 66.8 Å². The lowest BCUT2D eigenvalue weighted by Crippen LogP contribution is -2.28. The van der Waals surface area contributed by atoms with E-state index in [0.29, 0.717) is 0 Å². The van der Waals surface area contributed by atoms with Gasteiger partial charge in [-0.1, -0.05) is 43.8 Å². The summed E-state index contributed by atoms with van der Waals surface area (Å²) in [6.07, 6.45) is 5.77. The zero-order valence-electron chi connectivity index (χ0n) is 11.6. The van der Waals surface area contributed by atoms with Crippen molar-refractivity contribution in [1.82, 2.24) is 14.9 Å². The van der Waals surface area contributed by atoms with Crippen molar-refractivity contribution >= 4 is 5.91 Å². The third kappa shape index (κ3) is 3.35. The summed E-state index contributed by atoms with van der Waals surface area (Å²) in [5.74, 6) is 0.692. The van der Waals surface area contributed by atoms with Crippen LogP contribution in [0.15, 0.2) is 55.4 Å². The van der Waals surface area contributed by atoms with Gasteiger partial charge in [0, 0.05) is 18.9 Å². The Labute approximate surface area is 119 Å². The van der Waals surface area contributed by atoms with Crippen LogP contribution in [0.4, 0.5) is 0 Å². The minimum absolute atomic E-state index is 0.0980. The van der Waals surface area contributed by atoms with Crippen LogP contribution in [0.5, 0.6) is 0 Å². The summed E-state index contributed by atoms with van der Waals surface area (Å²) in [5, 5.41) is 2.90. The Balaban J connectivity index is 2.18. The zero-order valence-corrected chi connectivity index (χ0v) is 11.6. The van der Waals surface area contributed by atoms with E-state index in [1.54, 1.807) is 6.20 Å². The van der Waals surface area contributed by atoms with Gasteiger partial charge in [-0.2, -0.15) is 0 Å². The highest BCUT2D eigenvalue weighted by atomic mass is 16.1. The maximum absolute atomic E-state index is 11.5. The molecule has 1 heterocycles. The summed E-state index contributed by atoms with van der Waals surface area (Å²) >= 11 is 0. The molecule has 1 aromatic heterocycles. The van der Waals surface area contributed by atoms with Gasteiger partial charge in [-0.15, -0.1) is 0 Å². The third-order valence-electron chi connectivity index (χ3n) is 3.17. The molecule has 0 fully saturated rings. The van der Waals surface area contributed by atoms with E-state index < -0.39 is 0 Å². The molecule has 2 aromatic rings. The Hall–Kier alpha value is -2.36. The standard InChI is InChI=1S/C16H19N3O/c1-3-14(18-15(20)4-2)16-17-10-11-19(16)12-13-8-6-5-7-9-13/h4-11,14H,2-3,12H2,1H3,(H,18,20)/t14-/m0/s1. The van der Waals surface area contributed by atoms with Crippen molar-refractivity contribution in [2.45, 2.75) is 25.9 Å². The van der Waals surface area contributed by atoms with E-state index >= 15 is 0 Å².